The zero-order valence-electron chi connectivity index (χ0n) is 12.3. The van der Waals surface area contributed by atoms with Crippen molar-refractivity contribution in [2.24, 2.45) is 0 Å². The van der Waals surface area contributed by atoms with Crippen LogP contribution in [0.15, 0.2) is 18.6 Å². The third-order valence-corrected chi connectivity index (χ3v) is 4.03. The van der Waals surface area contributed by atoms with Crippen LogP contribution in [0.25, 0.3) is 0 Å². The second-order valence-electron chi connectivity index (χ2n) is 5.66. The molecule has 1 saturated heterocycles. The van der Waals surface area contributed by atoms with Crippen LogP contribution >= 0.6 is 0 Å². The first-order valence-corrected chi connectivity index (χ1v) is 7.48. The molecule has 1 atom stereocenters. The molecule has 5 heteroatoms. The van der Waals surface area contributed by atoms with Gasteiger partial charge in [-0.15, -0.1) is 0 Å². The molecule has 3 heterocycles. The Kier molecular flexibility index (Phi) is 3.87. The Balaban J connectivity index is 1.59. The van der Waals surface area contributed by atoms with Crippen molar-refractivity contribution >= 4 is 0 Å². The fourth-order valence-corrected chi connectivity index (χ4v) is 3.04. The fourth-order valence-electron chi connectivity index (χ4n) is 3.04. The van der Waals surface area contributed by atoms with Crippen molar-refractivity contribution in [3.05, 3.63) is 35.7 Å². The van der Waals surface area contributed by atoms with Gasteiger partial charge in [0.05, 0.1) is 17.7 Å². The number of rotatable bonds is 5. The number of aromatic nitrogens is 4. The van der Waals surface area contributed by atoms with E-state index in [0.29, 0.717) is 6.04 Å². The van der Waals surface area contributed by atoms with Crippen LogP contribution in [0.5, 0.6) is 0 Å². The first kappa shape index (κ1) is 13.4. The van der Waals surface area contributed by atoms with E-state index in [1.54, 1.807) is 0 Å². The van der Waals surface area contributed by atoms with Crippen LogP contribution in [0.4, 0.5) is 0 Å². The Morgan fingerprint density at radius 2 is 2.25 bits per heavy atom. The summed E-state index contributed by atoms with van der Waals surface area (Å²) in [5.74, 6) is 0. The predicted octanol–water partition coefficient (Wildman–Crippen LogP) is 2.21. The zero-order chi connectivity index (χ0) is 13.9. The minimum Gasteiger partial charge on any atom is -0.333 e. The highest BCUT2D eigenvalue weighted by Gasteiger charge is 2.19. The zero-order valence-corrected chi connectivity index (χ0v) is 12.3. The molecule has 5 nitrogen and oxygen atoms in total. The minimum atomic E-state index is 0.492. The van der Waals surface area contributed by atoms with Crippen LogP contribution in [-0.4, -0.2) is 25.9 Å². The Hall–Kier alpha value is -1.62. The summed E-state index contributed by atoms with van der Waals surface area (Å²) in [4.78, 5) is 4.31. The van der Waals surface area contributed by atoms with Gasteiger partial charge in [-0.1, -0.05) is 0 Å². The smallest absolute Gasteiger partial charge is 0.0948 e. The largest absolute Gasteiger partial charge is 0.333 e. The van der Waals surface area contributed by atoms with E-state index in [1.807, 2.05) is 19.4 Å². The minimum absolute atomic E-state index is 0.492. The molecular weight excluding hydrogens is 250 g/mol. The van der Waals surface area contributed by atoms with Gasteiger partial charge in [0.2, 0.25) is 0 Å². The summed E-state index contributed by atoms with van der Waals surface area (Å²) in [6, 6.07) is 2.62. The summed E-state index contributed by atoms with van der Waals surface area (Å²) >= 11 is 0. The Bertz CT molecular complexity index is 563. The molecule has 1 N–H and O–H groups in total. The number of nitrogens with zero attached hydrogens (tertiary/aromatic N) is 4. The molecular formula is C15H23N5. The van der Waals surface area contributed by atoms with Crippen molar-refractivity contribution in [1.29, 1.82) is 0 Å². The standard InChI is InChI=1S/C15H23N5/c1-12-9-13(2)20(18-12)8-4-7-19-11-16-10-15(19)14-5-3-6-17-14/h9-11,14,17H,3-8H2,1-2H3. The van der Waals surface area contributed by atoms with Crippen molar-refractivity contribution in [2.45, 2.75) is 52.2 Å². The summed E-state index contributed by atoms with van der Waals surface area (Å²) in [7, 11) is 0. The van der Waals surface area contributed by atoms with Gasteiger partial charge in [0.25, 0.3) is 0 Å². The average molecular weight is 273 g/mol. The second kappa shape index (κ2) is 5.79. The van der Waals surface area contributed by atoms with Gasteiger partial charge in [-0.3, -0.25) is 4.68 Å². The van der Waals surface area contributed by atoms with E-state index in [1.165, 1.54) is 24.2 Å². The lowest BCUT2D eigenvalue weighted by atomic mass is 10.2. The summed E-state index contributed by atoms with van der Waals surface area (Å²) in [6.07, 6.45) is 7.53. The van der Waals surface area contributed by atoms with E-state index in [-0.39, 0.29) is 0 Å². The van der Waals surface area contributed by atoms with Crippen LogP contribution < -0.4 is 5.32 Å². The third kappa shape index (κ3) is 2.77. The predicted molar refractivity (Wildman–Crippen MR) is 78.5 cm³/mol. The molecule has 0 amide bonds. The Morgan fingerprint density at radius 1 is 1.35 bits per heavy atom. The molecule has 0 radical (unpaired) electrons. The summed E-state index contributed by atoms with van der Waals surface area (Å²) in [6.45, 7) is 7.26. The van der Waals surface area contributed by atoms with E-state index in [9.17, 15) is 0 Å². The number of hydrogen-bond acceptors (Lipinski definition) is 3. The van der Waals surface area contributed by atoms with Gasteiger partial charge in [-0.25, -0.2) is 4.98 Å². The molecule has 2 aromatic heterocycles. The topological polar surface area (TPSA) is 47.7 Å². The molecule has 108 valence electrons. The van der Waals surface area contributed by atoms with Gasteiger partial charge in [0, 0.05) is 31.0 Å². The highest BCUT2D eigenvalue weighted by atomic mass is 15.3. The van der Waals surface area contributed by atoms with Gasteiger partial charge < -0.3 is 9.88 Å². The normalized spacial score (nSPS) is 18.8. The van der Waals surface area contributed by atoms with E-state index >= 15 is 0 Å². The Labute approximate surface area is 120 Å². The van der Waals surface area contributed by atoms with E-state index in [4.69, 9.17) is 0 Å². The molecule has 0 aromatic carbocycles. The molecule has 0 bridgehead atoms. The molecule has 20 heavy (non-hydrogen) atoms. The Morgan fingerprint density at radius 3 is 2.95 bits per heavy atom. The molecule has 0 aliphatic carbocycles. The molecule has 1 aliphatic heterocycles. The van der Waals surface area contributed by atoms with Crippen molar-refractivity contribution < 1.29 is 0 Å². The van der Waals surface area contributed by atoms with E-state index in [2.05, 4.69) is 37.6 Å². The van der Waals surface area contributed by atoms with Crippen LogP contribution in [0.3, 0.4) is 0 Å². The lowest BCUT2D eigenvalue weighted by Gasteiger charge is -2.14. The lowest BCUT2D eigenvalue weighted by molar-refractivity contribution is 0.492. The number of nitrogens with one attached hydrogen (secondary N) is 1. The molecule has 1 fully saturated rings. The lowest BCUT2D eigenvalue weighted by Crippen LogP contribution is -2.17. The number of aryl methyl sites for hydroxylation is 4. The van der Waals surface area contributed by atoms with E-state index in [0.717, 1.165) is 31.7 Å². The molecule has 3 rings (SSSR count). The number of hydrogen-bond donors (Lipinski definition) is 1. The van der Waals surface area contributed by atoms with Gasteiger partial charge in [0.15, 0.2) is 0 Å². The molecule has 1 aliphatic rings. The van der Waals surface area contributed by atoms with Crippen molar-refractivity contribution in [3.63, 3.8) is 0 Å². The fraction of sp³-hybridized carbons (Fsp3) is 0.600. The van der Waals surface area contributed by atoms with Crippen LogP contribution in [-0.2, 0) is 13.1 Å². The highest BCUT2D eigenvalue weighted by Crippen LogP contribution is 2.22. The van der Waals surface area contributed by atoms with Gasteiger partial charge in [0.1, 0.15) is 0 Å². The highest BCUT2D eigenvalue weighted by molar-refractivity contribution is 5.08. The SMILES string of the molecule is Cc1cc(C)n(CCCn2cncc2C2CCCN2)n1. The van der Waals surface area contributed by atoms with E-state index < -0.39 is 0 Å². The first-order chi connectivity index (χ1) is 9.74. The molecule has 0 spiro atoms. The monoisotopic (exact) mass is 273 g/mol. The summed E-state index contributed by atoms with van der Waals surface area (Å²) < 4.78 is 4.38. The number of imidazole rings is 1. The van der Waals surface area contributed by atoms with Gasteiger partial charge in [-0.05, 0) is 45.7 Å². The summed E-state index contributed by atoms with van der Waals surface area (Å²) in [5, 5.41) is 8.05. The molecule has 1 unspecified atom stereocenters. The average Bonchev–Trinajstić information content (AvgIpc) is 3.11. The molecule has 2 aromatic rings. The maximum absolute atomic E-state index is 4.51. The molecule has 0 saturated carbocycles. The van der Waals surface area contributed by atoms with Crippen molar-refractivity contribution in [2.75, 3.05) is 6.54 Å². The van der Waals surface area contributed by atoms with Crippen LogP contribution in [0, 0.1) is 13.8 Å². The van der Waals surface area contributed by atoms with Crippen molar-refractivity contribution in [1.82, 2.24) is 24.6 Å². The maximum atomic E-state index is 4.51. The van der Waals surface area contributed by atoms with Crippen LogP contribution in [0.2, 0.25) is 0 Å². The van der Waals surface area contributed by atoms with Crippen molar-refractivity contribution in [3.8, 4) is 0 Å². The van der Waals surface area contributed by atoms with Gasteiger partial charge in [-0.2, -0.15) is 5.10 Å². The quantitative estimate of drug-likeness (QED) is 0.908. The first-order valence-electron chi connectivity index (χ1n) is 7.48. The van der Waals surface area contributed by atoms with Gasteiger partial charge >= 0.3 is 0 Å². The second-order valence-corrected chi connectivity index (χ2v) is 5.66. The third-order valence-electron chi connectivity index (χ3n) is 4.03. The van der Waals surface area contributed by atoms with Crippen LogP contribution in [0.1, 0.15) is 42.4 Å². The summed E-state index contributed by atoms with van der Waals surface area (Å²) in [5.41, 5.74) is 3.67. The maximum Gasteiger partial charge on any atom is 0.0948 e.